The molecule has 0 aliphatic heterocycles. The lowest BCUT2D eigenvalue weighted by molar-refractivity contribution is 1.46. The number of hydrogen-bond acceptors (Lipinski definition) is 1. The molecule has 2 aromatic rings. The second kappa shape index (κ2) is 3.35. The smallest absolute Gasteiger partial charge is 0.0371 e. The summed E-state index contributed by atoms with van der Waals surface area (Å²) in [6.07, 6.45) is 0. The minimum Gasteiger partial charge on any atom is -0.144 e. The summed E-state index contributed by atoms with van der Waals surface area (Å²) in [4.78, 5) is 1.39. The van der Waals surface area contributed by atoms with Crippen molar-refractivity contribution in [1.29, 1.82) is 0 Å². The molecule has 0 spiro atoms. The molecule has 0 radical (unpaired) electrons. The van der Waals surface area contributed by atoms with E-state index in [2.05, 4.69) is 49.6 Å². The van der Waals surface area contributed by atoms with Crippen molar-refractivity contribution in [2.75, 3.05) is 0 Å². The predicted molar refractivity (Wildman–Crippen MR) is 59.2 cm³/mol. The summed E-state index contributed by atoms with van der Waals surface area (Å²) in [7, 11) is 0. The van der Waals surface area contributed by atoms with Gasteiger partial charge in [0.1, 0.15) is 0 Å². The highest BCUT2D eigenvalue weighted by Crippen LogP contribution is 2.28. The van der Waals surface area contributed by atoms with Crippen LogP contribution in [0.4, 0.5) is 0 Å². The summed E-state index contributed by atoms with van der Waals surface area (Å²) < 4.78 is 0. The molecule has 13 heavy (non-hydrogen) atoms. The van der Waals surface area contributed by atoms with E-state index >= 15 is 0 Å². The van der Waals surface area contributed by atoms with E-state index in [0.29, 0.717) is 0 Å². The zero-order chi connectivity index (χ0) is 9.26. The van der Waals surface area contributed by atoms with Crippen molar-refractivity contribution in [3.05, 3.63) is 46.8 Å². The molecule has 1 heteroatoms. The van der Waals surface area contributed by atoms with E-state index in [9.17, 15) is 0 Å². The van der Waals surface area contributed by atoms with Crippen LogP contribution in [0.15, 0.2) is 35.7 Å². The Bertz CT molecular complexity index is 395. The normalized spacial score (nSPS) is 10.3. The van der Waals surface area contributed by atoms with Gasteiger partial charge in [0.05, 0.1) is 0 Å². The molecule has 0 amide bonds. The number of rotatable bonds is 1. The van der Waals surface area contributed by atoms with Gasteiger partial charge in [-0.1, -0.05) is 29.8 Å². The van der Waals surface area contributed by atoms with Gasteiger partial charge < -0.3 is 0 Å². The molecule has 1 aromatic heterocycles. The highest BCUT2D eigenvalue weighted by molar-refractivity contribution is 7.13. The van der Waals surface area contributed by atoms with Crippen LogP contribution in [0.3, 0.4) is 0 Å². The van der Waals surface area contributed by atoms with Gasteiger partial charge in [-0.3, -0.25) is 0 Å². The van der Waals surface area contributed by atoms with E-state index < -0.39 is 0 Å². The lowest BCUT2D eigenvalue weighted by atomic mass is 10.1. The molecule has 2 rings (SSSR count). The second-order valence-corrected chi connectivity index (χ2v) is 4.21. The van der Waals surface area contributed by atoms with Crippen LogP contribution >= 0.6 is 11.3 Å². The van der Waals surface area contributed by atoms with Crippen molar-refractivity contribution < 1.29 is 0 Å². The quantitative estimate of drug-likeness (QED) is 0.633. The van der Waals surface area contributed by atoms with E-state index in [4.69, 9.17) is 0 Å². The number of benzene rings is 1. The van der Waals surface area contributed by atoms with Crippen molar-refractivity contribution >= 4 is 11.3 Å². The molecule has 66 valence electrons. The van der Waals surface area contributed by atoms with E-state index in [0.717, 1.165) is 0 Å². The average molecular weight is 188 g/mol. The van der Waals surface area contributed by atoms with E-state index in [1.807, 2.05) is 11.3 Å². The molecule has 0 unspecified atom stereocenters. The Kier molecular flexibility index (Phi) is 2.19. The molecule has 0 aliphatic rings. The number of aryl methyl sites for hydroxylation is 2. The zero-order valence-electron chi connectivity index (χ0n) is 7.87. The average Bonchev–Trinajstić information content (AvgIpc) is 2.53. The van der Waals surface area contributed by atoms with Gasteiger partial charge in [0, 0.05) is 4.88 Å². The number of hydrogen-bond donors (Lipinski definition) is 0. The maximum Gasteiger partial charge on any atom is 0.0371 e. The monoisotopic (exact) mass is 188 g/mol. The van der Waals surface area contributed by atoms with Crippen molar-refractivity contribution in [2.24, 2.45) is 0 Å². The van der Waals surface area contributed by atoms with Crippen LogP contribution < -0.4 is 0 Å². The Balaban J connectivity index is 2.47. The molecular formula is C12H12S. The van der Waals surface area contributed by atoms with E-state index in [-0.39, 0.29) is 0 Å². The summed E-state index contributed by atoms with van der Waals surface area (Å²) in [6, 6.07) is 10.9. The van der Waals surface area contributed by atoms with Gasteiger partial charge in [-0.2, -0.15) is 0 Å². The highest BCUT2D eigenvalue weighted by atomic mass is 32.1. The third kappa shape index (κ3) is 1.65. The van der Waals surface area contributed by atoms with Gasteiger partial charge >= 0.3 is 0 Å². The fourth-order valence-electron chi connectivity index (χ4n) is 1.37. The van der Waals surface area contributed by atoms with Gasteiger partial charge in [0.25, 0.3) is 0 Å². The van der Waals surface area contributed by atoms with Crippen LogP contribution in [0.2, 0.25) is 0 Å². The molecule has 0 N–H and O–H groups in total. The fraction of sp³-hybridized carbons (Fsp3) is 0.167. The zero-order valence-corrected chi connectivity index (χ0v) is 8.69. The Hall–Kier alpha value is -1.08. The summed E-state index contributed by atoms with van der Waals surface area (Å²) in [5.74, 6) is 0. The van der Waals surface area contributed by atoms with Gasteiger partial charge in [0.15, 0.2) is 0 Å². The van der Waals surface area contributed by atoms with E-state index in [1.165, 1.54) is 21.6 Å². The first-order valence-electron chi connectivity index (χ1n) is 4.38. The minimum atomic E-state index is 1.32. The third-order valence-electron chi connectivity index (χ3n) is 2.18. The molecule has 1 heterocycles. The van der Waals surface area contributed by atoms with Crippen LogP contribution in [0, 0.1) is 13.8 Å². The molecular weight excluding hydrogens is 176 g/mol. The Morgan fingerprint density at radius 2 is 1.62 bits per heavy atom. The summed E-state index contributed by atoms with van der Waals surface area (Å²) in [5, 5.41) is 2.14. The SMILES string of the molecule is Cc1ccc(-c2sccc2C)cc1. The Morgan fingerprint density at radius 1 is 0.923 bits per heavy atom. The summed E-state index contributed by atoms with van der Waals surface area (Å²) >= 11 is 1.81. The largest absolute Gasteiger partial charge is 0.144 e. The first kappa shape index (κ1) is 8.52. The van der Waals surface area contributed by atoms with Crippen LogP contribution in [0.25, 0.3) is 10.4 Å². The Labute approximate surface area is 82.9 Å². The van der Waals surface area contributed by atoms with Gasteiger partial charge in [-0.25, -0.2) is 0 Å². The molecule has 0 bridgehead atoms. The molecule has 0 fully saturated rings. The van der Waals surface area contributed by atoms with E-state index in [1.54, 1.807) is 0 Å². The maximum absolute atomic E-state index is 2.19. The van der Waals surface area contributed by atoms with Crippen LogP contribution in [-0.4, -0.2) is 0 Å². The molecule has 0 aliphatic carbocycles. The lowest BCUT2D eigenvalue weighted by Gasteiger charge is -1.99. The molecule has 0 nitrogen and oxygen atoms in total. The van der Waals surface area contributed by atoms with Crippen molar-refractivity contribution in [3.8, 4) is 10.4 Å². The third-order valence-corrected chi connectivity index (χ3v) is 3.24. The van der Waals surface area contributed by atoms with Crippen molar-refractivity contribution in [2.45, 2.75) is 13.8 Å². The van der Waals surface area contributed by atoms with Gasteiger partial charge in [-0.15, -0.1) is 11.3 Å². The molecule has 0 saturated carbocycles. The highest BCUT2D eigenvalue weighted by Gasteiger charge is 2.01. The Morgan fingerprint density at radius 3 is 2.15 bits per heavy atom. The van der Waals surface area contributed by atoms with Crippen molar-refractivity contribution in [3.63, 3.8) is 0 Å². The van der Waals surface area contributed by atoms with Gasteiger partial charge in [-0.05, 0) is 36.4 Å². The van der Waals surface area contributed by atoms with Crippen LogP contribution in [-0.2, 0) is 0 Å². The first-order valence-corrected chi connectivity index (χ1v) is 5.26. The van der Waals surface area contributed by atoms with Crippen molar-refractivity contribution in [1.82, 2.24) is 0 Å². The first-order chi connectivity index (χ1) is 6.27. The number of thiophene rings is 1. The molecule has 0 saturated heterocycles. The second-order valence-electron chi connectivity index (χ2n) is 3.30. The molecule has 0 atom stereocenters. The fourth-order valence-corrected chi connectivity index (χ4v) is 2.31. The van der Waals surface area contributed by atoms with Crippen LogP contribution in [0.1, 0.15) is 11.1 Å². The van der Waals surface area contributed by atoms with Gasteiger partial charge in [0.2, 0.25) is 0 Å². The predicted octanol–water partition coefficient (Wildman–Crippen LogP) is 4.03. The lowest BCUT2D eigenvalue weighted by Crippen LogP contribution is -1.76. The van der Waals surface area contributed by atoms with Crippen LogP contribution in [0.5, 0.6) is 0 Å². The minimum absolute atomic E-state index is 1.32. The standard InChI is InChI=1S/C12H12S/c1-9-3-5-11(6-4-9)12-10(2)7-8-13-12/h3-8H,1-2H3. The molecule has 1 aromatic carbocycles. The maximum atomic E-state index is 2.19. The summed E-state index contributed by atoms with van der Waals surface area (Å²) in [5.41, 5.74) is 4.02. The topological polar surface area (TPSA) is 0 Å². The summed E-state index contributed by atoms with van der Waals surface area (Å²) in [6.45, 7) is 4.27.